The zero-order valence-corrected chi connectivity index (χ0v) is 14.5. The molecule has 28 heavy (non-hydrogen) atoms. The van der Waals surface area contributed by atoms with Crippen LogP contribution in [0.3, 0.4) is 0 Å². The Kier molecular flexibility index (Phi) is 7.07. The molecule has 2 aromatic heterocycles. The number of nitrogens with two attached hydrogens (primary N) is 2. The van der Waals surface area contributed by atoms with Gasteiger partial charge in [-0.15, -0.1) is 0 Å². The average Bonchev–Trinajstić information content (AvgIpc) is 2.72. The first-order valence-corrected chi connectivity index (χ1v) is 7.84. The highest BCUT2D eigenvalue weighted by Gasteiger charge is 2.19. The fourth-order valence-electron chi connectivity index (χ4n) is 2.01. The van der Waals surface area contributed by atoms with Crippen molar-refractivity contribution in [2.45, 2.75) is 12.8 Å². The van der Waals surface area contributed by atoms with Gasteiger partial charge in [-0.05, 0) is 24.3 Å². The molecule has 7 N–H and O–H groups in total. The van der Waals surface area contributed by atoms with E-state index in [9.17, 15) is 14.4 Å². The molecule has 2 heterocycles. The molecule has 0 saturated carbocycles. The molecule has 146 valence electrons. The number of anilines is 2. The average molecular weight is 387 g/mol. The van der Waals surface area contributed by atoms with Gasteiger partial charge in [-0.2, -0.15) is 0 Å². The summed E-state index contributed by atoms with van der Waals surface area (Å²) in [5.74, 6) is 7.37. The predicted molar refractivity (Wildman–Crippen MR) is 96.9 cm³/mol. The minimum absolute atomic E-state index is 0.0193. The fraction of sp³-hybridized carbons (Fsp3) is 0.125. The van der Waals surface area contributed by atoms with Crippen LogP contribution in [0.1, 0.15) is 33.6 Å². The number of hydrogen-bond acceptors (Lipinski definition) is 12. The van der Waals surface area contributed by atoms with Crippen molar-refractivity contribution in [3.05, 3.63) is 47.8 Å². The molecule has 0 unspecified atom stereocenters. The normalized spacial score (nSPS) is 9.93. The first kappa shape index (κ1) is 20.4. The first-order valence-electron chi connectivity index (χ1n) is 7.84. The number of carbonyl (C=O) groups excluding carboxylic acids is 3. The van der Waals surface area contributed by atoms with Gasteiger partial charge in [0.25, 0.3) is 0 Å². The Labute approximate surface area is 158 Å². The summed E-state index contributed by atoms with van der Waals surface area (Å²) in [6, 6.07) is 5.74. The largest absolute Gasteiger partial charge is 0.408 e. The monoisotopic (exact) mass is 387 g/mol. The van der Waals surface area contributed by atoms with Gasteiger partial charge in [-0.25, -0.2) is 31.2 Å². The van der Waals surface area contributed by atoms with E-state index < -0.39 is 23.8 Å². The molecule has 0 aliphatic carbocycles. The van der Waals surface area contributed by atoms with Gasteiger partial charge in [-0.1, -0.05) is 0 Å². The summed E-state index contributed by atoms with van der Waals surface area (Å²) in [5, 5.41) is 7.66. The SMILES string of the molecule is N=C(CCC(=O)OC(=O)c1cccnc1NN)OC(=O)c1cccnc1NN. The van der Waals surface area contributed by atoms with Crippen LogP contribution in [0.2, 0.25) is 0 Å². The van der Waals surface area contributed by atoms with Crippen LogP contribution < -0.4 is 22.5 Å². The molecule has 0 spiro atoms. The summed E-state index contributed by atoms with van der Waals surface area (Å²) in [6.07, 6.45) is 2.19. The Morgan fingerprint density at radius 1 is 0.893 bits per heavy atom. The number of nitrogens with zero attached hydrogens (tertiary/aromatic N) is 2. The molecule has 0 aliphatic rings. The highest BCUT2D eigenvalue weighted by Crippen LogP contribution is 2.14. The maximum absolute atomic E-state index is 12.0. The molecule has 0 fully saturated rings. The first-order chi connectivity index (χ1) is 13.5. The van der Waals surface area contributed by atoms with Crippen LogP contribution in [0, 0.1) is 5.41 Å². The van der Waals surface area contributed by atoms with E-state index >= 15 is 0 Å². The molecule has 12 nitrogen and oxygen atoms in total. The number of hydrazine groups is 2. The van der Waals surface area contributed by atoms with Gasteiger partial charge in [0, 0.05) is 18.8 Å². The fourth-order valence-corrected chi connectivity index (χ4v) is 2.01. The number of carbonyl (C=O) groups is 3. The number of nitrogens with one attached hydrogen (secondary N) is 3. The van der Waals surface area contributed by atoms with Crippen molar-refractivity contribution in [1.82, 2.24) is 9.97 Å². The molecule has 0 aliphatic heterocycles. The van der Waals surface area contributed by atoms with Crippen molar-refractivity contribution in [2.24, 2.45) is 11.7 Å². The standard InChI is InChI=1S/C16H17N7O5/c17-11(27-15(25)9-3-1-7-20-13(9)22-18)5-6-12(24)28-16(26)10-4-2-8-21-14(10)23-19/h1-4,7-8,17H,5-6,18-19H2,(H,20,22)(H,21,23). The summed E-state index contributed by atoms with van der Waals surface area (Å²) in [5.41, 5.74) is 4.44. The number of pyridine rings is 2. The van der Waals surface area contributed by atoms with Crippen LogP contribution in [-0.4, -0.2) is 33.8 Å². The number of esters is 3. The molecule has 2 rings (SSSR count). The highest BCUT2D eigenvalue weighted by molar-refractivity contribution is 6.02. The van der Waals surface area contributed by atoms with E-state index in [0.29, 0.717) is 0 Å². The molecule has 0 amide bonds. The zero-order valence-electron chi connectivity index (χ0n) is 14.5. The minimum Gasteiger partial charge on any atom is -0.408 e. The van der Waals surface area contributed by atoms with E-state index in [0.717, 1.165) is 0 Å². The van der Waals surface area contributed by atoms with Gasteiger partial charge < -0.3 is 20.3 Å². The lowest BCUT2D eigenvalue weighted by Gasteiger charge is -2.09. The summed E-state index contributed by atoms with van der Waals surface area (Å²) in [4.78, 5) is 43.4. The lowest BCUT2D eigenvalue weighted by Crippen LogP contribution is -2.20. The summed E-state index contributed by atoms with van der Waals surface area (Å²) in [6.45, 7) is 0. The molecular weight excluding hydrogens is 370 g/mol. The van der Waals surface area contributed by atoms with Crippen LogP contribution in [0.5, 0.6) is 0 Å². The van der Waals surface area contributed by atoms with Crippen LogP contribution >= 0.6 is 0 Å². The predicted octanol–water partition coefficient (Wildman–Crippen LogP) is 0.346. The highest BCUT2D eigenvalue weighted by atomic mass is 16.6. The van der Waals surface area contributed by atoms with E-state index in [1.54, 1.807) is 0 Å². The Balaban J connectivity index is 1.86. The van der Waals surface area contributed by atoms with Crippen LogP contribution in [0.15, 0.2) is 36.7 Å². The maximum atomic E-state index is 12.0. The summed E-state index contributed by atoms with van der Waals surface area (Å²) in [7, 11) is 0. The second-order valence-electron chi connectivity index (χ2n) is 5.16. The smallest absolute Gasteiger partial charge is 0.349 e. The van der Waals surface area contributed by atoms with Crippen molar-refractivity contribution in [3.8, 4) is 0 Å². The Bertz CT molecular complexity index is 829. The quantitative estimate of drug-likeness (QED) is 0.110. The molecule has 12 heteroatoms. The summed E-state index contributed by atoms with van der Waals surface area (Å²) < 4.78 is 9.50. The van der Waals surface area contributed by atoms with Crippen LogP contribution in [0.25, 0.3) is 0 Å². The van der Waals surface area contributed by atoms with E-state index in [-0.39, 0.29) is 35.6 Å². The third kappa shape index (κ3) is 5.30. The third-order valence-corrected chi connectivity index (χ3v) is 3.31. The Morgan fingerprint density at radius 2 is 1.39 bits per heavy atom. The van der Waals surface area contributed by atoms with E-state index in [2.05, 4.69) is 25.6 Å². The van der Waals surface area contributed by atoms with Gasteiger partial charge in [0.1, 0.15) is 11.1 Å². The van der Waals surface area contributed by atoms with Crippen molar-refractivity contribution < 1.29 is 23.9 Å². The van der Waals surface area contributed by atoms with E-state index in [1.165, 1.54) is 36.7 Å². The minimum atomic E-state index is -0.955. The van der Waals surface area contributed by atoms with Gasteiger partial charge in [0.05, 0.1) is 6.42 Å². The number of ether oxygens (including phenoxy) is 2. The molecule has 0 bridgehead atoms. The second-order valence-corrected chi connectivity index (χ2v) is 5.16. The van der Waals surface area contributed by atoms with Crippen molar-refractivity contribution in [2.75, 3.05) is 10.9 Å². The van der Waals surface area contributed by atoms with E-state index in [4.69, 9.17) is 21.8 Å². The van der Waals surface area contributed by atoms with Gasteiger partial charge >= 0.3 is 17.9 Å². The number of hydrogen-bond donors (Lipinski definition) is 5. The van der Waals surface area contributed by atoms with Gasteiger partial charge in [-0.3, -0.25) is 10.2 Å². The maximum Gasteiger partial charge on any atom is 0.349 e. The molecular formula is C16H17N7O5. The number of nitrogen functional groups attached to an aromatic ring is 2. The molecule has 0 radical (unpaired) electrons. The van der Waals surface area contributed by atoms with Crippen molar-refractivity contribution >= 4 is 35.4 Å². The zero-order chi connectivity index (χ0) is 20.5. The Hall–Kier alpha value is -3.90. The van der Waals surface area contributed by atoms with Gasteiger partial charge in [0.15, 0.2) is 17.5 Å². The summed E-state index contributed by atoms with van der Waals surface area (Å²) >= 11 is 0. The second kappa shape index (κ2) is 9.70. The molecule has 0 atom stereocenters. The van der Waals surface area contributed by atoms with Crippen LogP contribution in [0.4, 0.5) is 11.6 Å². The van der Waals surface area contributed by atoms with Crippen molar-refractivity contribution in [3.63, 3.8) is 0 Å². The number of rotatable bonds is 7. The topological polar surface area (TPSA) is 195 Å². The Morgan fingerprint density at radius 3 is 1.89 bits per heavy atom. The lowest BCUT2D eigenvalue weighted by atomic mass is 10.2. The number of aromatic nitrogens is 2. The molecule has 0 saturated heterocycles. The molecule has 2 aromatic rings. The lowest BCUT2D eigenvalue weighted by molar-refractivity contribution is -0.137. The third-order valence-electron chi connectivity index (χ3n) is 3.31. The van der Waals surface area contributed by atoms with E-state index in [1.807, 2.05) is 0 Å². The van der Waals surface area contributed by atoms with Crippen LogP contribution in [-0.2, 0) is 14.3 Å². The molecule has 0 aromatic carbocycles. The van der Waals surface area contributed by atoms with Gasteiger partial charge in [0.2, 0.25) is 0 Å². The van der Waals surface area contributed by atoms with Crippen molar-refractivity contribution in [1.29, 1.82) is 5.41 Å².